The molecule has 0 N–H and O–H groups in total. The van der Waals surface area contributed by atoms with Crippen LogP contribution >= 0.6 is 0 Å². The monoisotopic (exact) mass is 180 g/mol. The normalized spacial score (nSPS) is 8.00. The van der Waals surface area contributed by atoms with Crippen molar-refractivity contribution in [2.45, 2.75) is 27.7 Å². The van der Waals surface area contributed by atoms with Crippen molar-refractivity contribution in [2.75, 3.05) is 0 Å². The first-order valence-corrected chi connectivity index (χ1v) is 4.61. The maximum atomic E-state index is 4.94. The van der Waals surface area contributed by atoms with E-state index in [1.165, 1.54) is 6.39 Å². The third-order valence-electron chi connectivity index (χ3n) is 1.11. The molecule has 0 atom stereocenters. The van der Waals surface area contributed by atoms with E-state index in [1.807, 2.05) is 39.8 Å². The van der Waals surface area contributed by atoms with E-state index in [9.17, 15) is 0 Å². The van der Waals surface area contributed by atoms with Gasteiger partial charge in [0.2, 0.25) is 0 Å². The van der Waals surface area contributed by atoms with Crippen molar-refractivity contribution >= 4 is 11.2 Å². The van der Waals surface area contributed by atoms with E-state index in [4.69, 9.17) is 4.42 Å². The van der Waals surface area contributed by atoms with E-state index < -0.39 is 0 Å². The molecule has 3 heteroatoms. The van der Waals surface area contributed by atoms with Gasteiger partial charge in [-0.05, 0) is 12.1 Å². The molecule has 2 aromatic rings. The van der Waals surface area contributed by atoms with E-state index in [0.717, 1.165) is 5.58 Å². The molecule has 0 amide bonds. The number of fused-ring (bicyclic) bond motifs is 1. The summed E-state index contributed by atoms with van der Waals surface area (Å²) in [4.78, 5) is 7.78. The van der Waals surface area contributed by atoms with Gasteiger partial charge in [-0.25, -0.2) is 4.98 Å². The zero-order valence-electron chi connectivity index (χ0n) is 8.61. The minimum absolute atomic E-state index is 0.664. The molecule has 3 nitrogen and oxygen atoms in total. The lowest BCUT2D eigenvalue weighted by molar-refractivity contribution is 0.602. The molecule has 0 aromatic carbocycles. The van der Waals surface area contributed by atoms with Crippen LogP contribution in [-0.2, 0) is 0 Å². The third-order valence-corrected chi connectivity index (χ3v) is 1.11. The molecule has 13 heavy (non-hydrogen) atoms. The van der Waals surface area contributed by atoms with Crippen molar-refractivity contribution in [3.8, 4) is 0 Å². The van der Waals surface area contributed by atoms with Crippen molar-refractivity contribution in [2.24, 2.45) is 0 Å². The Bertz CT molecular complexity index is 287. The van der Waals surface area contributed by atoms with Gasteiger partial charge in [-0.2, -0.15) is 4.98 Å². The Morgan fingerprint density at radius 2 is 1.77 bits per heavy atom. The molecule has 2 aromatic heterocycles. The van der Waals surface area contributed by atoms with Gasteiger partial charge in [0.05, 0.1) is 0 Å². The summed E-state index contributed by atoms with van der Waals surface area (Å²) in [5, 5.41) is 0. The lowest BCUT2D eigenvalue weighted by atomic mass is 10.5. The topological polar surface area (TPSA) is 38.9 Å². The summed E-state index contributed by atoms with van der Waals surface area (Å²) in [5.41, 5.74) is 1.40. The van der Waals surface area contributed by atoms with Gasteiger partial charge in [-0.1, -0.05) is 27.7 Å². The highest BCUT2D eigenvalue weighted by Gasteiger charge is 1.93. The molecule has 0 fully saturated rings. The maximum absolute atomic E-state index is 4.94. The van der Waals surface area contributed by atoms with Crippen molar-refractivity contribution in [1.29, 1.82) is 0 Å². The molecule has 2 rings (SSSR count). The Kier molecular flexibility index (Phi) is 6.51. The SMILES string of the molecule is CC.CC.c1cnc2ncoc2c1. The van der Waals surface area contributed by atoms with Crippen LogP contribution in [0.5, 0.6) is 0 Å². The van der Waals surface area contributed by atoms with Gasteiger partial charge in [0.15, 0.2) is 17.6 Å². The molecule has 0 aliphatic rings. The summed E-state index contributed by atoms with van der Waals surface area (Å²) in [6.07, 6.45) is 3.07. The number of hydrogen-bond donors (Lipinski definition) is 0. The molecule has 0 unspecified atom stereocenters. The average Bonchev–Trinajstić information content (AvgIpc) is 2.71. The smallest absolute Gasteiger partial charge is 0.198 e. The zero-order valence-corrected chi connectivity index (χ0v) is 8.61. The summed E-state index contributed by atoms with van der Waals surface area (Å²) in [7, 11) is 0. The van der Waals surface area contributed by atoms with Gasteiger partial charge >= 0.3 is 0 Å². The van der Waals surface area contributed by atoms with E-state index in [0.29, 0.717) is 5.65 Å². The van der Waals surface area contributed by atoms with Gasteiger partial charge < -0.3 is 4.42 Å². The van der Waals surface area contributed by atoms with Gasteiger partial charge in [0.25, 0.3) is 0 Å². The Morgan fingerprint density at radius 3 is 2.38 bits per heavy atom. The quantitative estimate of drug-likeness (QED) is 0.624. The third kappa shape index (κ3) is 3.23. The molecule has 0 aliphatic carbocycles. The minimum atomic E-state index is 0.664. The molecule has 0 radical (unpaired) electrons. The summed E-state index contributed by atoms with van der Waals surface area (Å²) in [6.45, 7) is 8.00. The number of pyridine rings is 1. The Morgan fingerprint density at radius 1 is 1.08 bits per heavy atom. The predicted molar refractivity (Wildman–Crippen MR) is 54.5 cm³/mol. The van der Waals surface area contributed by atoms with Crippen molar-refractivity contribution < 1.29 is 4.42 Å². The van der Waals surface area contributed by atoms with Gasteiger partial charge in [-0.3, -0.25) is 0 Å². The summed E-state index contributed by atoms with van der Waals surface area (Å²) in [5.74, 6) is 0. The number of aromatic nitrogens is 2. The van der Waals surface area contributed by atoms with Crippen LogP contribution in [0.25, 0.3) is 11.2 Å². The average molecular weight is 180 g/mol. The second kappa shape index (κ2) is 7.28. The maximum Gasteiger partial charge on any atom is 0.198 e. The summed E-state index contributed by atoms with van der Waals surface area (Å²) < 4.78 is 4.94. The van der Waals surface area contributed by atoms with Crippen LogP contribution in [0, 0.1) is 0 Å². The van der Waals surface area contributed by atoms with Gasteiger partial charge in [0, 0.05) is 6.20 Å². The largest absolute Gasteiger partial charge is 0.442 e. The first kappa shape index (κ1) is 11.6. The number of nitrogens with zero attached hydrogens (tertiary/aromatic N) is 2. The van der Waals surface area contributed by atoms with E-state index >= 15 is 0 Å². The molecule has 0 bridgehead atoms. The van der Waals surface area contributed by atoms with Crippen LogP contribution < -0.4 is 0 Å². The van der Waals surface area contributed by atoms with Crippen molar-refractivity contribution in [3.63, 3.8) is 0 Å². The number of hydrogen-bond acceptors (Lipinski definition) is 3. The minimum Gasteiger partial charge on any atom is -0.442 e. The number of oxazole rings is 1. The first-order valence-electron chi connectivity index (χ1n) is 4.61. The predicted octanol–water partition coefficient (Wildman–Crippen LogP) is 3.28. The Labute approximate surface area is 78.8 Å². The highest BCUT2D eigenvalue weighted by molar-refractivity contribution is 5.65. The van der Waals surface area contributed by atoms with Gasteiger partial charge in [-0.15, -0.1) is 0 Å². The fourth-order valence-corrected chi connectivity index (χ4v) is 0.704. The second-order valence-corrected chi connectivity index (χ2v) is 1.68. The van der Waals surface area contributed by atoms with E-state index in [1.54, 1.807) is 6.20 Å². The molecular formula is C10H16N2O. The molecule has 0 saturated carbocycles. The van der Waals surface area contributed by atoms with Crippen LogP contribution in [0.3, 0.4) is 0 Å². The highest BCUT2D eigenvalue weighted by atomic mass is 16.3. The molecule has 2 heterocycles. The van der Waals surface area contributed by atoms with E-state index in [-0.39, 0.29) is 0 Å². The highest BCUT2D eigenvalue weighted by Crippen LogP contribution is 2.05. The summed E-state index contributed by atoms with van der Waals surface area (Å²) in [6, 6.07) is 3.64. The van der Waals surface area contributed by atoms with Crippen LogP contribution in [0.2, 0.25) is 0 Å². The Hall–Kier alpha value is -1.38. The lowest BCUT2D eigenvalue weighted by Gasteiger charge is -1.78. The van der Waals surface area contributed by atoms with Crippen LogP contribution in [0.15, 0.2) is 29.1 Å². The standard InChI is InChI=1S/C6H4N2O.2C2H6/c1-2-5-6(7-3-1)8-4-9-5;2*1-2/h1-4H;2*1-2H3. The zero-order chi connectivity index (χ0) is 10.1. The van der Waals surface area contributed by atoms with Crippen molar-refractivity contribution in [1.82, 2.24) is 9.97 Å². The van der Waals surface area contributed by atoms with Crippen LogP contribution in [0.1, 0.15) is 27.7 Å². The van der Waals surface area contributed by atoms with Crippen LogP contribution in [0.4, 0.5) is 0 Å². The van der Waals surface area contributed by atoms with E-state index in [2.05, 4.69) is 9.97 Å². The fraction of sp³-hybridized carbons (Fsp3) is 0.400. The first-order chi connectivity index (χ1) is 6.47. The molecule has 72 valence electrons. The van der Waals surface area contributed by atoms with Gasteiger partial charge in [0.1, 0.15) is 0 Å². The fourth-order valence-electron chi connectivity index (χ4n) is 0.704. The molecule has 0 saturated heterocycles. The number of rotatable bonds is 0. The molecule has 0 spiro atoms. The van der Waals surface area contributed by atoms with Crippen molar-refractivity contribution in [3.05, 3.63) is 24.7 Å². The molecular weight excluding hydrogens is 164 g/mol. The molecule has 0 aliphatic heterocycles. The lowest BCUT2D eigenvalue weighted by Crippen LogP contribution is -1.70. The summed E-state index contributed by atoms with van der Waals surface area (Å²) >= 11 is 0. The Balaban J connectivity index is 0.000000322. The second-order valence-electron chi connectivity index (χ2n) is 1.68. The van der Waals surface area contributed by atoms with Crippen LogP contribution in [-0.4, -0.2) is 9.97 Å².